The highest BCUT2D eigenvalue weighted by Crippen LogP contribution is 2.27. The summed E-state index contributed by atoms with van der Waals surface area (Å²) >= 11 is 0. The van der Waals surface area contributed by atoms with Crippen LogP contribution in [0.5, 0.6) is 0 Å². The number of carbonyl (C=O) groups excluding carboxylic acids is 1. The molecule has 0 aromatic carbocycles. The number of pyridine rings is 1. The minimum absolute atomic E-state index is 0.159. The molecule has 3 heterocycles. The van der Waals surface area contributed by atoms with E-state index in [0.717, 1.165) is 5.82 Å². The van der Waals surface area contributed by atoms with Crippen molar-refractivity contribution >= 4 is 11.7 Å². The molecule has 29 heavy (non-hydrogen) atoms. The van der Waals surface area contributed by atoms with Crippen molar-refractivity contribution in [2.45, 2.75) is 44.6 Å². The molecule has 9 heteroatoms. The van der Waals surface area contributed by atoms with E-state index in [2.05, 4.69) is 15.1 Å². The average molecular weight is 398 g/mol. The van der Waals surface area contributed by atoms with Crippen LogP contribution in [0.4, 0.5) is 5.82 Å². The first-order chi connectivity index (χ1) is 13.8. The first kappa shape index (κ1) is 20.7. The Morgan fingerprint density at radius 3 is 2.69 bits per heavy atom. The molecular formula is C20H26N6O3. The molecule has 1 aliphatic heterocycles. The van der Waals surface area contributed by atoms with Crippen LogP contribution < -0.4 is 4.90 Å². The standard InChI is InChI=1S/C20H26N6O3/c1-14(2)18-23-16(24-29-18)6-9-25(3)19(27)20(28)7-10-26(11-8-20)17-5-4-15(12-21)13-22-17/h4-5,13-14,28H,6-11H2,1-3H3. The van der Waals surface area contributed by atoms with E-state index in [-0.39, 0.29) is 11.8 Å². The number of nitriles is 1. The number of amides is 1. The highest BCUT2D eigenvalue weighted by atomic mass is 16.5. The van der Waals surface area contributed by atoms with Gasteiger partial charge in [0, 0.05) is 58.1 Å². The Balaban J connectivity index is 1.53. The van der Waals surface area contributed by atoms with Crippen molar-refractivity contribution in [1.29, 1.82) is 5.26 Å². The van der Waals surface area contributed by atoms with E-state index >= 15 is 0 Å². The molecule has 1 saturated heterocycles. The van der Waals surface area contributed by atoms with Gasteiger partial charge in [0.2, 0.25) is 5.89 Å². The molecule has 0 spiro atoms. The highest BCUT2D eigenvalue weighted by molar-refractivity contribution is 5.85. The predicted octanol–water partition coefficient (Wildman–Crippen LogP) is 1.49. The molecular weight excluding hydrogens is 372 g/mol. The molecule has 1 aliphatic rings. The summed E-state index contributed by atoms with van der Waals surface area (Å²) in [6.07, 6.45) is 2.63. The molecule has 0 saturated carbocycles. The lowest BCUT2D eigenvalue weighted by molar-refractivity contribution is -0.152. The highest BCUT2D eigenvalue weighted by Gasteiger charge is 2.41. The van der Waals surface area contributed by atoms with Gasteiger partial charge in [-0.1, -0.05) is 19.0 Å². The lowest BCUT2D eigenvalue weighted by Crippen LogP contribution is -2.54. The number of nitrogens with zero attached hydrogens (tertiary/aromatic N) is 6. The summed E-state index contributed by atoms with van der Waals surface area (Å²) < 4.78 is 5.18. The monoisotopic (exact) mass is 398 g/mol. The molecule has 1 N–H and O–H groups in total. The van der Waals surface area contributed by atoms with Crippen molar-refractivity contribution in [3.8, 4) is 6.07 Å². The SMILES string of the molecule is CC(C)c1nc(CCN(C)C(=O)C2(O)CCN(c3ccc(C#N)cn3)CC2)no1. The predicted molar refractivity (Wildman–Crippen MR) is 105 cm³/mol. The molecule has 9 nitrogen and oxygen atoms in total. The Bertz CT molecular complexity index is 878. The molecule has 1 amide bonds. The summed E-state index contributed by atoms with van der Waals surface area (Å²) in [5.74, 6) is 1.74. The van der Waals surface area contributed by atoms with Gasteiger partial charge >= 0.3 is 0 Å². The quantitative estimate of drug-likeness (QED) is 0.777. The molecule has 2 aromatic rings. The molecule has 0 atom stereocenters. The van der Waals surface area contributed by atoms with Crippen LogP contribution in [0.3, 0.4) is 0 Å². The normalized spacial score (nSPS) is 15.9. The second-order valence-corrected chi connectivity index (χ2v) is 7.72. The largest absolute Gasteiger partial charge is 0.380 e. The van der Waals surface area contributed by atoms with E-state index in [4.69, 9.17) is 9.78 Å². The summed E-state index contributed by atoms with van der Waals surface area (Å²) in [5, 5.41) is 23.7. The Labute approximate surface area is 169 Å². The number of likely N-dealkylation sites (N-methyl/N-ethyl adjacent to an activating group) is 1. The minimum Gasteiger partial charge on any atom is -0.380 e. The fraction of sp³-hybridized carbons (Fsp3) is 0.550. The van der Waals surface area contributed by atoms with Crippen molar-refractivity contribution < 1.29 is 14.4 Å². The van der Waals surface area contributed by atoms with Gasteiger partial charge in [-0.25, -0.2) is 4.98 Å². The molecule has 0 bridgehead atoms. The maximum absolute atomic E-state index is 12.8. The van der Waals surface area contributed by atoms with E-state index in [0.29, 0.717) is 56.2 Å². The Morgan fingerprint density at radius 1 is 1.41 bits per heavy atom. The Hall–Kier alpha value is -2.99. The van der Waals surface area contributed by atoms with E-state index in [9.17, 15) is 9.90 Å². The topological polar surface area (TPSA) is 119 Å². The van der Waals surface area contributed by atoms with Crippen molar-refractivity contribution in [3.05, 3.63) is 35.6 Å². The van der Waals surface area contributed by atoms with Crippen LogP contribution in [-0.2, 0) is 11.2 Å². The van der Waals surface area contributed by atoms with Crippen molar-refractivity contribution in [1.82, 2.24) is 20.0 Å². The lowest BCUT2D eigenvalue weighted by Gasteiger charge is -2.39. The van der Waals surface area contributed by atoms with Gasteiger partial charge in [0.25, 0.3) is 5.91 Å². The van der Waals surface area contributed by atoms with Gasteiger partial charge in [-0.15, -0.1) is 0 Å². The number of hydrogen-bond donors (Lipinski definition) is 1. The van der Waals surface area contributed by atoms with Crippen LogP contribution >= 0.6 is 0 Å². The molecule has 1 fully saturated rings. The third-order valence-electron chi connectivity index (χ3n) is 5.18. The maximum Gasteiger partial charge on any atom is 0.254 e. The zero-order valence-electron chi connectivity index (χ0n) is 17.0. The fourth-order valence-electron chi connectivity index (χ4n) is 3.29. The average Bonchev–Trinajstić information content (AvgIpc) is 3.21. The number of piperidine rings is 1. The number of carbonyl (C=O) groups is 1. The van der Waals surface area contributed by atoms with E-state index in [1.54, 1.807) is 19.2 Å². The Kier molecular flexibility index (Phi) is 6.13. The summed E-state index contributed by atoms with van der Waals surface area (Å²) in [6.45, 7) is 5.37. The first-order valence-corrected chi connectivity index (χ1v) is 9.74. The zero-order chi connectivity index (χ0) is 21.0. The van der Waals surface area contributed by atoms with Crippen molar-refractivity contribution in [3.63, 3.8) is 0 Å². The van der Waals surface area contributed by atoms with Crippen LogP contribution in [0.15, 0.2) is 22.9 Å². The van der Waals surface area contributed by atoms with Crippen molar-refractivity contribution in [2.24, 2.45) is 0 Å². The van der Waals surface area contributed by atoms with E-state index in [1.807, 2.05) is 24.8 Å². The van der Waals surface area contributed by atoms with Gasteiger partial charge in [0.1, 0.15) is 17.5 Å². The molecule has 2 aromatic heterocycles. The second-order valence-electron chi connectivity index (χ2n) is 7.72. The summed E-state index contributed by atoms with van der Waals surface area (Å²) in [4.78, 5) is 25.0. The smallest absolute Gasteiger partial charge is 0.254 e. The zero-order valence-corrected chi connectivity index (χ0v) is 17.0. The summed E-state index contributed by atoms with van der Waals surface area (Å²) in [6, 6.07) is 5.54. The number of anilines is 1. The van der Waals surface area contributed by atoms with Crippen LogP contribution in [0.2, 0.25) is 0 Å². The van der Waals surface area contributed by atoms with Crippen LogP contribution in [0.1, 0.15) is 49.9 Å². The number of aliphatic hydroxyl groups is 1. The van der Waals surface area contributed by atoms with Gasteiger partial charge in [-0.3, -0.25) is 4.79 Å². The van der Waals surface area contributed by atoms with Gasteiger partial charge in [-0.05, 0) is 12.1 Å². The third kappa shape index (κ3) is 4.71. The molecule has 0 aliphatic carbocycles. The number of aromatic nitrogens is 3. The second kappa shape index (κ2) is 8.57. The van der Waals surface area contributed by atoms with Gasteiger partial charge in [0.15, 0.2) is 5.82 Å². The first-order valence-electron chi connectivity index (χ1n) is 9.74. The van der Waals surface area contributed by atoms with E-state index in [1.165, 1.54) is 11.1 Å². The summed E-state index contributed by atoms with van der Waals surface area (Å²) in [7, 11) is 1.68. The minimum atomic E-state index is -1.39. The van der Waals surface area contributed by atoms with Crippen molar-refractivity contribution in [2.75, 3.05) is 31.6 Å². The molecule has 154 valence electrons. The van der Waals surface area contributed by atoms with Gasteiger partial charge in [-0.2, -0.15) is 10.2 Å². The maximum atomic E-state index is 12.8. The van der Waals surface area contributed by atoms with Gasteiger partial charge < -0.3 is 19.4 Å². The third-order valence-corrected chi connectivity index (χ3v) is 5.18. The summed E-state index contributed by atoms with van der Waals surface area (Å²) in [5.41, 5.74) is -0.890. The van der Waals surface area contributed by atoms with Gasteiger partial charge in [0.05, 0.1) is 5.56 Å². The number of hydrogen-bond acceptors (Lipinski definition) is 8. The Morgan fingerprint density at radius 2 is 2.14 bits per heavy atom. The van der Waals surface area contributed by atoms with Crippen LogP contribution in [-0.4, -0.2) is 63.3 Å². The molecule has 0 unspecified atom stereocenters. The molecule has 3 rings (SSSR count). The van der Waals surface area contributed by atoms with Crippen LogP contribution in [0, 0.1) is 11.3 Å². The number of rotatable bonds is 6. The van der Waals surface area contributed by atoms with E-state index < -0.39 is 5.60 Å². The molecule has 0 radical (unpaired) electrons. The fourth-order valence-corrected chi connectivity index (χ4v) is 3.29. The van der Waals surface area contributed by atoms with Crippen LogP contribution in [0.25, 0.3) is 0 Å². The lowest BCUT2D eigenvalue weighted by atomic mass is 9.90.